The predicted molar refractivity (Wildman–Crippen MR) is 59.2 cm³/mol. The van der Waals surface area contributed by atoms with Gasteiger partial charge in [-0.1, -0.05) is 0 Å². The van der Waals surface area contributed by atoms with Crippen molar-refractivity contribution >= 4 is 11.9 Å². The average Bonchev–Trinajstić information content (AvgIpc) is 2.23. The Kier molecular flexibility index (Phi) is 8.35. The van der Waals surface area contributed by atoms with Gasteiger partial charge in [-0.2, -0.15) is 0 Å². The molecule has 0 radical (unpaired) electrons. The van der Waals surface area contributed by atoms with Crippen molar-refractivity contribution in [2.24, 2.45) is 0 Å². The van der Waals surface area contributed by atoms with Crippen LogP contribution >= 0.6 is 0 Å². The highest BCUT2D eigenvalue weighted by Gasteiger charge is 2.14. The summed E-state index contributed by atoms with van der Waals surface area (Å²) in [6.45, 7) is 6.16. The Morgan fingerprint density at radius 2 is 1.59 bits per heavy atom. The Hall–Kier alpha value is -1.14. The lowest BCUT2D eigenvalue weighted by molar-refractivity contribution is -0.179. The van der Waals surface area contributed by atoms with Crippen molar-refractivity contribution in [3.05, 3.63) is 0 Å². The molecule has 0 amide bonds. The minimum atomic E-state index is -0.706. The van der Waals surface area contributed by atoms with E-state index in [0.29, 0.717) is 13.2 Å². The lowest BCUT2D eigenvalue weighted by Gasteiger charge is -2.14. The van der Waals surface area contributed by atoms with E-state index in [4.69, 9.17) is 14.2 Å². The molecule has 6 nitrogen and oxygen atoms in total. The molecule has 0 aliphatic heterocycles. The van der Waals surface area contributed by atoms with E-state index in [2.05, 4.69) is 4.74 Å². The molecule has 0 aromatic carbocycles. The summed E-state index contributed by atoms with van der Waals surface area (Å²) in [6.07, 6.45) is -0.981. The molecule has 0 heterocycles. The number of rotatable bonds is 8. The van der Waals surface area contributed by atoms with Crippen LogP contribution in [0.25, 0.3) is 0 Å². The minimum absolute atomic E-state index is 0.135. The van der Waals surface area contributed by atoms with Gasteiger partial charge < -0.3 is 18.9 Å². The van der Waals surface area contributed by atoms with Crippen molar-refractivity contribution in [2.75, 3.05) is 20.3 Å². The molecule has 0 aliphatic rings. The number of carbonyl (C=O) groups is 2. The van der Waals surface area contributed by atoms with E-state index in [1.54, 1.807) is 6.92 Å². The highest BCUT2D eigenvalue weighted by Crippen LogP contribution is 1.98. The van der Waals surface area contributed by atoms with Crippen LogP contribution in [0.15, 0.2) is 0 Å². The number of hydrogen-bond acceptors (Lipinski definition) is 6. The van der Waals surface area contributed by atoms with Gasteiger partial charge in [0.1, 0.15) is 6.42 Å². The molecule has 0 N–H and O–H groups in total. The quantitative estimate of drug-likeness (QED) is 0.275. The van der Waals surface area contributed by atoms with Crippen molar-refractivity contribution in [1.82, 2.24) is 0 Å². The number of esters is 2. The van der Waals surface area contributed by atoms with Crippen LogP contribution in [0, 0.1) is 0 Å². The molecular formula is C11H20O6. The van der Waals surface area contributed by atoms with Crippen LogP contribution in [0.3, 0.4) is 0 Å². The van der Waals surface area contributed by atoms with Crippen molar-refractivity contribution in [2.45, 2.75) is 39.6 Å². The van der Waals surface area contributed by atoms with Crippen LogP contribution in [0.1, 0.15) is 27.2 Å². The molecule has 0 aliphatic carbocycles. The fourth-order valence-electron chi connectivity index (χ4n) is 0.949. The van der Waals surface area contributed by atoms with Crippen LogP contribution in [-0.2, 0) is 28.5 Å². The van der Waals surface area contributed by atoms with Gasteiger partial charge in [-0.25, -0.2) is 0 Å². The third kappa shape index (κ3) is 9.77. The van der Waals surface area contributed by atoms with Crippen molar-refractivity contribution in [1.29, 1.82) is 0 Å². The maximum Gasteiger partial charge on any atom is 0.319 e. The summed E-state index contributed by atoms with van der Waals surface area (Å²) in [4.78, 5) is 21.9. The Labute approximate surface area is 101 Å². The second-order valence-corrected chi connectivity index (χ2v) is 3.60. The standard InChI is InChI=1S/C11H20O6/c1-8(2)15-5-6-16-9(3)17-11(13)7-10(12)14-4/h8-9H,5-7H2,1-4H3. The lowest BCUT2D eigenvalue weighted by atomic mass is 10.4. The molecule has 0 bridgehead atoms. The summed E-state index contributed by atoms with van der Waals surface area (Å²) in [5.74, 6) is -1.31. The van der Waals surface area contributed by atoms with Gasteiger partial charge in [-0.05, 0) is 20.8 Å². The van der Waals surface area contributed by atoms with E-state index in [1.165, 1.54) is 7.11 Å². The SMILES string of the molecule is COC(=O)CC(=O)OC(C)OCCOC(C)C. The summed E-state index contributed by atoms with van der Waals surface area (Å²) in [7, 11) is 1.21. The molecule has 0 saturated carbocycles. The number of hydrogen-bond donors (Lipinski definition) is 0. The second kappa shape index (κ2) is 8.95. The van der Waals surface area contributed by atoms with Gasteiger partial charge >= 0.3 is 11.9 Å². The van der Waals surface area contributed by atoms with Crippen molar-refractivity contribution in [3.8, 4) is 0 Å². The Bertz CT molecular complexity index is 238. The van der Waals surface area contributed by atoms with E-state index in [1.807, 2.05) is 13.8 Å². The van der Waals surface area contributed by atoms with E-state index in [-0.39, 0.29) is 6.10 Å². The summed E-state index contributed by atoms with van der Waals surface area (Å²) in [6, 6.07) is 0. The second-order valence-electron chi connectivity index (χ2n) is 3.60. The lowest BCUT2D eigenvalue weighted by Crippen LogP contribution is -2.22. The zero-order valence-electron chi connectivity index (χ0n) is 10.7. The fraction of sp³-hybridized carbons (Fsp3) is 0.818. The van der Waals surface area contributed by atoms with Gasteiger partial charge in [0.2, 0.25) is 0 Å². The monoisotopic (exact) mass is 248 g/mol. The van der Waals surface area contributed by atoms with Crippen LogP contribution in [0.2, 0.25) is 0 Å². The molecule has 6 heteroatoms. The zero-order chi connectivity index (χ0) is 13.3. The Morgan fingerprint density at radius 3 is 2.12 bits per heavy atom. The smallest absolute Gasteiger partial charge is 0.319 e. The van der Waals surface area contributed by atoms with E-state index in [9.17, 15) is 9.59 Å². The Morgan fingerprint density at radius 1 is 1.00 bits per heavy atom. The van der Waals surface area contributed by atoms with E-state index >= 15 is 0 Å². The molecule has 1 atom stereocenters. The third-order valence-electron chi connectivity index (χ3n) is 1.70. The molecule has 0 fully saturated rings. The van der Waals surface area contributed by atoms with Crippen molar-refractivity contribution < 1.29 is 28.5 Å². The molecular weight excluding hydrogens is 228 g/mol. The molecule has 0 aromatic rings. The number of methoxy groups -OCH3 is 1. The third-order valence-corrected chi connectivity index (χ3v) is 1.70. The van der Waals surface area contributed by atoms with Gasteiger partial charge in [-0.3, -0.25) is 9.59 Å². The number of ether oxygens (including phenoxy) is 4. The summed E-state index contributed by atoms with van der Waals surface area (Å²) in [5.41, 5.74) is 0. The highest BCUT2D eigenvalue weighted by atomic mass is 16.7. The molecule has 0 rings (SSSR count). The van der Waals surface area contributed by atoms with Gasteiger partial charge in [0.15, 0.2) is 6.29 Å². The maximum atomic E-state index is 11.1. The van der Waals surface area contributed by atoms with Crippen molar-refractivity contribution in [3.63, 3.8) is 0 Å². The van der Waals surface area contributed by atoms with E-state index in [0.717, 1.165) is 0 Å². The molecule has 17 heavy (non-hydrogen) atoms. The first-order valence-corrected chi connectivity index (χ1v) is 5.45. The fourth-order valence-corrected chi connectivity index (χ4v) is 0.949. The highest BCUT2D eigenvalue weighted by molar-refractivity contribution is 5.91. The zero-order valence-corrected chi connectivity index (χ0v) is 10.7. The topological polar surface area (TPSA) is 71.1 Å². The van der Waals surface area contributed by atoms with Gasteiger partial charge in [0, 0.05) is 0 Å². The van der Waals surface area contributed by atoms with Crippen LogP contribution in [-0.4, -0.2) is 44.7 Å². The molecule has 1 unspecified atom stereocenters. The van der Waals surface area contributed by atoms with Crippen LogP contribution in [0.5, 0.6) is 0 Å². The summed E-state index contributed by atoms with van der Waals surface area (Å²) < 4.78 is 19.5. The number of carbonyl (C=O) groups excluding carboxylic acids is 2. The largest absolute Gasteiger partial charge is 0.469 e. The average molecular weight is 248 g/mol. The molecule has 100 valence electrons. The first-order chi connectivity index (χ1) is 7.95. The minimum Gasteiger partial charge on any atom is -0.469 e. The summed E-state index contributed by atoms with van der Waals surface area (Å²) in [5, 5.41) is 0. The van der Waals surface area contributed by atoms with Crippen LogP contribution < -0.4 is 0 Å². The maximum absolute atomic E-state index is 11.1. The van der Waals surface area contributed by atoms with Crippen LogP contribution in [0.4, 0.5) is 0 Å². The van der Waals surface area contributed by atoms with Gasteiger partial charge in [0.25, 0.3) is 0 Å². The van der Waals surface area contributed by atoms with Gasteiger partial charge in [-0.15, -0.1) is 0 Å². The first kappa shape index (κ1) is 15.9. The Balaban J connectivity index is 3.60. The molecule has 0 saturated heterocycles. The van der Waals surface area contributed by atoms with E-state index < -0.39 is 24.6 Å². The molecule has 0 spiro atoms. The molecule has 0 aromatic heterocycles. The predicted octanol–water partition coefficient (Wildman–Crippen LogP) is 0.880. The van der Waals surface area contributed by atoms with Gasteiger partial charge in [0.05, 0.1) is 26.4 Å². The first-order valence-electron chi connectivity index (χ1n) is 5.45. The summed E-state index contributed by atoms with van der Waals surface area (Å²) >= 11 is 0. The normalized spacial score (nSPS) is 12.3.